The van der Waals surface area contributed by atoms with Crippen LogP contribution >= 0.6 is 0 Å². The second-order valence-electron chi connectivity index (χ2n) is 4.75. The monoisotopic (exact) mass is 298 g/mol. The van der Waals surface area contributed by atoms with E-state index in [9.17, 15) is 4.79 Å². The number of benzene rings is 2. The van der Waals surface area contributed by atoms with E-state index < -0.39 is 11.7 Å². The third-order valence-electron chi connectivity index (χ3n) is 3.13. The number of rotatable bonds is 7. The molecule has 0 heterocycles. The van der Waals surface area contributed by atoms with Gasteiger partial charge in [0.1, 0.15) is 5.75 Å². The van der Waals surface area contributed by atoms with E-state index in [0.717, 1.165) is 16.9 Å². The van der Waals surface area contributed by atoms with Crippen LogP contribution < -0.4 is 4.74 Å². The molecule has 0 saturated carbocycles. The number of allylic oxidation sites excluding steroid dienone is 1. The van der Waals surface area contributed by atoms with Crippen molar-refractivity contribution in [3.63, 3.8) is 0 Å². The Hall–Kier alpha value is -2.75. The summed E-state index contributed by atoms with van der Waals surface area (Å²) in [6.07, 6.45) is 2.36. The lowest BCUT2D eigenvalue weighted by Gasteiger charge is -2.11. The van der Waals surface area contributed by atoms with Gasteiger partial charge in [-0.1, -0.05) is 48.5 Å². The van der Waals surface area contributed by atoms with Crippen molar-refractivity contribution in [2.45, 2.75) is 12.8 Å². The summed E-state index contributed by atoms with van der Waals surface area (Å²) >= 11 is 0. The standard InChI is InChI=1S/C18H18O4/c19-16(18(20)21)11-6-7-13-22-17-12-5-4-10-15(17)14-8-2-1-3-9-14/h1-5,8-12,19H,6-7,13H2,(H,20,21). The van der Waals surface area contributed by atoms with Gasteiger partial charge in [0.05, 0.1) is 6.61 Å². The largest absolute Gasteiger partial charge is 0.502 e. The van der Waals surface area contributed by atoms with E-state index in [1.165, 1.54) is 6.08 Å². The summed E-state index contributed by atoms with van der Waals surface area (Å²) in [5.74, 6) is -1.14. The number of carboxylic acids is 1. The molecule has 0 aliphatic heterocycles. The van der Waals surface area contributed by atoms with Gasteiger partial charge in [0.15, 0.2) is 5.76 Å². The lowest BCUT2D eigenvalue weighted by atomic mass is 10.1. The second kappa shape index (κ2) is 7.88. The fraction of sp³-hybridized carbons (Fsp3) is 0.167. The van der Waals surface area contributed by atoms with Crippen LogP contribution in [-0.4, -0.2) is 22.8 Å². The molecule has 0 atom stereocenters. The Morgan fingerprint density at radius 3 is 2.41 bits per heavy atom. The fourth-order valence-corrected chi connectivity index (χ4v) is 2.04. The van der Waals surface area contributed by atoms with Crippen LogP contribution in [0.25, 0.3) is 11.1 Å². The van der Waals surface area contributed by atoms with Gasteiger partial charge in [-0.2, -0.15) is 0 Å². The number of aliphatic hydroxyl groups is 1. The van der Waals surface area contributed by atoms with Crippen LogP contribution in [0.3, 0.4) is 0 Å². The maximum atomic E-state index is 10.4. The minimum Gasteiger partial charge on any atom is -0.502 e. The first kappa shape index (κ1) is 15.6. The molecule has 0 amide bonds. The Morgan fingerprint density at radius 1 is 1.00 bits per heavy atom. The van der Waals surface area contributed by atoms with Crippen molar-refractivity contribution >= 4 is 5.97 Å². The van der Waals surface area contributed by atoms with Gasteiger partial charge in [-0.3, -0.25) is 0 Å². The summed E-state index contributed by atoms with van der Waals surface area (Å²) in [6.45, 7) is 0.452. The van der Waals surface area contributed by atoms with Gasteiger partial charge >= 0.3 is 5.97 Å². The normalized spacial score (nSPS) is 11.2. The summed E-state index contributed by atoms with van der Waals surface area (Å²) < 4.78 is 5.78. The average Bonchev–Trinajstić information content (AvgIpc) is 2.55. The molecular weight excluding hydrogens is 280 g/mol. The van der Waals surface area contributed by atoms with Gasteiger partial charge < -0.3 is 14.9 Å². The highest BCUT2D eigenvalue weighted by Crippen LogP contribution is 2.29. The van der Waals surface area contributed by atoms with Crippen LogP contribution in [0.15, 0.2) is 66.4 Å². The maximum Gasteiger partial charge on any atom is 0.370 e. The summed E-state index contributed by atoms with van der Waals surface area (Å²) in [5.41, 5.74) is 2.11. The van der Waals surface area contributed by atoms with Gasteiger partial charge in [-0.25, -0.2) is 4.79 Å². The summed E-state index contributed by atoms with van der Waals surface area (Å²) in [6, 6.07) is 17.8. The number of ether oxygens (including phenoxy) is 1. The Kier molecular flexibility index (Phi) is 5.60. The molecule has 0 radical (unpaired) electrons. The molecular formula is C18H18O4. The van der Waals surface area contributed by atoms with Crippen molar-refractivity contribution in [3.05, 3.63) is 66.4 Å². The predicted molar refractivity (Wildman–Crippen MR) is 85.0 cm³/mol. The highest BCUT2D eigenvalue weighted by Gasteiger charge is 2.05. The SMILES string of the molecule is O=C(O)C(O)=CCCCOc1ccccc1-c1ccccc1. The highest BCUT2D eigenvalue weighted by molar-refractivity contribution is 5.83. The fourth-order valence-electron chi connectivity index (χ4n) is 2.04. The van der Waals surface area contributed by atoms with E-state index in [-0.39, 0.29) is 0 Å². The first-order chi connectivity index (χ1) is 10.7. The second-order valence-corrected chi connectivity index (χ2v) is 4.75. The molecule has 0 aromatic heterocycles. The van der Waals surface area contributed by atoms with Crippen molar-refractivity contribution in [1.29, 1.82) is 0 Å². The molecule has 4 nitrogen and oxygen atoms in total. The minimum absolute atomic E-state index is 0.450. The molecule has 4 heteroatoms. The molecule has 22 heavy (non-hydrogen) atoms. The molecule has 0 unspecified atom stereocenters. The zero-order chi connectivity index (χ0) is 15.8. The van der Waals surface area contributed by atoms with Crippen molar-refractivity contribution in [2.75, 3.05) is 6.61 Å². The lowest BCUT2D eigenvalue weighted by molar-refractivity contribution is -0.135. The zero-order valence-corrected chi connectivity index (χ0v) is 12.1. The summed E-state index contributed by atoms with van der Waals surface area (Å²) in [4.78, 5) is 10.4. The van der Waals surface area contributed by atoms with Crippen molar-refractivity contribution in [2.24, 2.45) is 0 Å². The molecule has 2 rings (SSSR count). The molecule has 0 aliphatic rings. The number of aliphatic carboxylic acids is 1. The molecule has 0 bridgehead atoms. The summed E-state index contributed by atoms with van der Waals surface area (Å²) in [5, 5.41) is 17.6. The number of unbranched alkanes of at least 4 members (excludes halogenated alkanes) is 1. The predicted octanol–water partition coefficient (Wildman–Crippen LogP) is 4.04. The van der Waals surface area contributed by atoms with Gasteiger partial charge in [-0.15, -0.1) is 0 Å². The lowest BCUT2D eigenvalue weighted by Crippen LogP contribution is -2.01. The molecule has 0 aliphatic carbocycles. The third kappa shape index (κ3) is 4.38. The number of carbonyl (C=O) groups is 1. The highest BCUT2D eigenvalue weighted by atomic mass is 16.5. The molecule has 0 spiro atoms. The Morgan fingerprint density at radius 2 is 1.68 bits per heavy atom. The van der Waals surface area contributed by atoms with Crippen LogP contribution in [-0.2, 0) is 4.79 Å². The molecule has 2 aromatic carbocycles. The van der Waals surface area contributed by atoms with Crippen LogP contribution in [0.4, 0.5) is 0 Å². The van der Waals surface area contributed by atoms with E-state index >= 15 is 0 Å². The van der Waals surface area contributed by atoms with E-state index in [0.29, 0.717) is 19.4 Å². The van der Waals surface area contributed by atoms with E-state index in [4.69, 9.17) is 14.9 Å². The number of para-hydroxylation sites is 1. The van der Waals surface area contributed by atoms with Gasteiger partial charge in [-0.05, 0) is 30.5 Å². The quantitative estimate of drug-likeness (QED) is 0.460. The summed E-state index contributed by atoms with van der Waals surface area (Å²) in [7, 11) is 0. The van der Waals surface area contributed by atoms with Crippen LogP contribution in [0, 0.1) is 0 Å². The van der Waals surface area contributed by atoms with Crippen LogP contribution in [0.5, 0.6) is 5.75 Å². The number of hydrogen-bond acceptors (Lipinski definition) is 3. The molecule has 2 N–H and O–H groups in total. The maximum absolute atomic E-state index is 10.4. The van der Waals surface area contributed by atoms with Crippen molar-refractivity contribution < 1.29 is 19.7 Å². The minimum atomic E-state index is -1.31. The molecule has 114 valence electrons. The first-order valence-corrected chi connectivity index (χ1v) is 7.08. The van der Waals surface area contributed by atoms with Crippen molar-refractivity contribution in [3.8, 4) is 16.9 Å². The topological polar surface area (TPSA) is 66.8 Å². The third-order valence-corrected chi connectivity index (χ3v) is 3.13. The van der Waals surface area contributed by atoms with E-state index in [1.54, 1.807) is 0 Å². The average molecular weight is 298 g/mol. The number of hydrogen-bond donors (Lipinski definition) is 2. The smallest absolute Gasteiger partial charge is 0.370 e. The van der Waals surface area contributed by atoms with Crippen molar-refractivity contribution in [1.82, 2.24) is 0 Å². The molecule has 0 fully saturated rings. The number of carboxylic acid groups (broad SMARTS) is 1. The number of aliphatic hydroxyl groups excluding tert-OH is 1. The van der Waals surface area contributed by atoms with E-state index in [1.807, 2.05) is 54.6 Å². The molecule has 0 saturated heterocycles. The Bertz CT molecular complexity index is 647. The zero-order valence-electron chi connectivity index (χ0n) is 12.1. The van der Waals surface area contributed by atoms with Gasteiger partial charge in [0.2, 0.25) is 0 Å². The van der Waals surface area contributed by atoms with Gasteiger partial charge in [0, 0.05) is 5.56 Å². The van der Waals surface area contributed by atoms with Crippen LogP contribution in [0.1, 0.15) is 12.8 Å². The molecule has 2 aromatic rings. The van der Waals surface area contributed by atoms with E-state index in [2.05, 4.69) is 0 Å². The Balaban J connectivity index is 1.94. The van der Waals surface area contributed by atoms with Crippen LogP contribution in [0.2, 0.25) is 0 Å². The Labute approximate surface area is 129 Å². The van der Waals surface area contributed by atoms with Gasteiger partial charge in [0.25, 0.3) is 0 Å². The first-order valence-electron chi connectivity index (χ1n) is 7.08.